The number of aliphatic carboxylic acids is 1. The van der Waals surface area contributed by atoms with Gasteiger partial charge >= 0.3 is 5.97 Å². The predicted octanol–water partition coefficient (Wildman–Crippen LogP) is -0.846. The molecule has 31 heavy (non-hydrogen) atoms. The molecule has 0 aliphatic carbocycles. The lowest BCUT2D eigenvalue weighted by Crippen LogP contribution is -2.55. The van der Waals surface area contributed by atoms with Gasteiger partial charge in [-0.15, -0.1) is 0 Å². The minimum absolute atomic E-state index is 0.0837. The van der Waals surface area contributed by atoms with Crippen LogP contribution < -0.4 is 21.7 Å². The van der Waals surface area contributed by atoms with E-state index in [9.17, 15) is 24.3 Å². The fourth-order valence-corrected chi connectivity index (χ4v) is 2.74. The molecule has 0 bridgehead atoms. The van der Waals surface area contributed by atoms with Crippen molar-refractivity contribution in [2.75, 3.05) is 6.54 Å². The van der Waals surface area contributed by atoms with E-state index in [4.69, 9.17) is 10.8 Å². The molecule has 0 aliphatic heterocycles. The Morgan fingerprint density at radius 3 is 2.16 bits per heavy atom. The lowest BCUT2D eigenvalue weighted by atomic mass is 9.98. The summed E-state index contributed by atoms with van der Waals surface area (Å²) in [5.41, 5.74) is 6.76. The fourth-order valence-electron chi connectivity index (χ4n) is 2.74. The van der Waals surface area contributed by atoms with E-state index < -0.39 is 54.5 Å². The molecule has 3 amide bonds. The molecule has 0 spiro atoms. The zero-order chi connectivity index (χ0) is 23.6. The molecule has 1 aromatic rings. The molecular formula is C21H32N4O6. The van der Waals surface area contributed by atoms with Crippen molar-refractivity contribution in [3.63, 3.8) is 0 Å². The molecule has 0 aromatic heterocycles. The highest BCUT2D eigenvalue weighted by Gasteiger charge is 2.28. The zero-order valence-corrected chi connectivity index (χ0v) is 18.0. The van der Waals surface area contributed by atoms with Crippen LogP contribution in [-0.2, 0) is 25.6 Å². The monoisotopic (exact) mass is 436 g/mol. The molecule has 0 heterocycles. The summed E-state index contributed by atoms with van der Waals surface area (Å²) in [7, 11) is 0. The third-order valence-electron chi connectivity index (χ3n) is 4.96. The average Bonchev–Trinajstić information content (AvgIpc) is 2.74. The van der Waals surface area contributed by atoms with Crippen LogP contribution in [0.25, 0.3) is 0 Å². The van der Waals surface area contributed by atoms with Crippen LogP contribution in [0.5, 0.6) is 0 Å². The third-order valence-corrected chi connectivity index (χ3v) is 4.96. The van der Waals surface area contributed by atoms with Gasteiger partial charge in [0.05, 0.1) is 18.7 Å². The maximum Gasteiger partial charge on any atom is 0.328 e. The van der Waals surface area contributed by atoms with Gasteiger partial charge in [-0.2, -0.15) is 0 Å². The van der Waals surface area contributed by atoms with Crippen LogP contribution in [0.1, 0.15) is 32.8 Å². The Hall–Kier alpha value is -2.98. The first-order valence-corrected chi connectivity index (χ1v) is 10.1. The molecule has 1 aromatic carbocycles. The summed E-state index contributed by atoms with van der Waals surface area (Å²) >= 11 is 0. The van der Waals surface area contributed by atoms with Gasteiger partial charge in [0.2, 0.25) is 17.7 Å². The summed E-state index contributed by atoms with van der Waals surface area (Å²) in [6.45, 7) is 4.45. The quantitative estimate of drug-likeness (QED) is 0.248. The molecule has 10 nitrogen and oxygen atoms in total. The Morgan fingerprint density at radius 1 is 1.03 bits per heavy atom. The largest absolute Gasteiger partial charge is 0.480 e. The number of nitrogens with one attached hydrogen (secondary N) is 3. The second-order valence-electron chi connectivity index (χ2n) is 7.50. The second-order valence-corrected chi connectivity index (χ2v) is 7.50. The number of carboxylic acid groups (broad SMARTS) is 1. The highest BCUT2D eigenvalue weighted by molar-refractivity contribution is 5.92. The molecule has 5 unspecified atom stereocenters. The third kappa shape index (κ3) is 8.73. The van der Waals surface area contributed by atoms with Crippen LogP contribution in [0.4, 0.5) is 0 Å². The minimum atomic E-state index is -1.50. The minimum Gasteiger partial charge on any atom is -0.480 e. The Morgan fingerprint density at radius 2 is 1.65 bits per heavy atom. The first kappa shape index (κ1) is 26.1. The lowest BCUT2D eigenvalue weighted by Gasteiger charge is -2.23. The number of carbonyl (C=O) groups excluding carboxylic acids is 3. The summed E-state index contributed by atoms with van der Waals surface area (Å²) in [5.74, 6) is -3.37. The van der Waals surface area contributed by atoms with Gasteiger partial charge in [-0.1, -0.05) is 50.6 Å². The van der Waals surface area contributed by atoms with E-state index in [1.165, 1.54) is 6.92 Å². The molecule has 5 atom stereocenters. The van der Waals surface area contributed by atoms with Crippen molar-refractivity contribution < 1.29 is 29.4 Å². The maximum atomic E-state index is 12.7. The number of aliphatic hydroxyl groups excluding tert-OH is 1. The Balaban J connectivity index is 2.82. The number of amides is 3. The first-order valence-electron chi connectivity index (χ1n) is 10.1. The summed E-state index contributed by atoms with van der Waals surface area (Å²) < 4.78 is 0. The summed E-state index contributed by atoms with van der Waals surface area (Å²) in [5, 5.41) is 25.6. The summed E-state index contributed by atoms with van der Waals surface area (Å²) in [4.78, 5) is 48.3. The van der Waals surface area contributed by atoms with E-state index in [0.717, 1.165) is 5.56 Å². The maximum absolute atomic E-state index is 12.7. The number of carboxylic acids is 1. The van der Waals surface area contributed by atoms with E-state index in [1.807, 2.05) is 19.9 Å². The van der Waals surface area contributed by atoms with Crippen LogP contribution in [0.2, 0.25) is 0 Å². The number of rotatable bonds is 12. The molecule has 10 heteroatoms. The average molecular weight is 437 g/mol. The van der Waals surface area contributed by atoms with E-state index in [2.05, 4.69) is 16.0 Å². The van der Waals surface area contributed by atoms with Gasteiger partial charge < -0.3 is 31.9 Å². The molecule has 1 rings (SSSR count). The molecule has 0 fully saturated rings. The van der Waals surface area contributed by atoms with Crippen LogP contribution in [-0.4, -0.2) is 64.7 Å². The Bertz CT molecular complexity index is 755. The molecule has 7 N–H and O–H groups in total. The van der Waals surface area contributed by atoms with E-state index >= 15 is 0 Å². The van der Waals surface area contributed by atoms with Gasteiger partial charge in [-0.25, -0.2) is 4.79 Å². The number of carbonyl (C=O) groups is 4. The number of benzene rings is 1. The number of aliphatic hydroxyl groups is 1. The molecular weight excluding hydrogens is 404 g/mol. The van der Waals surface area contributed by atoms with Gasteiger partial charge in [0.15, 0.2) is 6.04 Å². The highest BCUT2D eigenvalue weighted by Crippen LogP contribution is 2.08. The van der Waals surface area contributed by atoms with Crippen LogP contribution in [0, 0.1) is 5.92 Å². The molecule has 0 aliphatic rings. The normalized spacial score (nSPS) is 15.6. The molecule has 0 saturated heterocycles. The molecule has 172 valence electrons. The van der Waals surface area contributed by atoms with Crippen molar-refractivity contribution in [3.8, 4) is 0 Å². The van der Waals surface area contributed by atoms with Gasteiger partial charge in [0.25, 0.3) is 0 Å². The van der Waals surface area contributed by atoms with E-state index in [0.29, 0.717) is 6.42 Å². The van der Waals surface area contributed by atoms with Crippen LogP contribution in [0.15, 0.2) is 30.3 Å². The zero-order valence-electron chi connectivity index (χ0n) is 18.0. The molecule has 0 saturated carbocycles. The number of nitrogens with two attached hydrogens (primary N) is 1. The van der Waals surface area contributed by atoms with Crippen molar-refractivity contribution >= 4 is 23.7 Å². The summed E-state index contributed by atoms with van der Waals surface area (Å²) in [6.07, 6.45) is -0.443. The number of hydrogen-bond donors (Lipinski definition) is 6. The fraction of sp³-hybridized carbons (Fsp3) is 0.524. The van der Waals surface area contributed by atoms with E-state index in [1.54, 1.807) is 24.3 Å². The van der Waals surface area contributed by atoms with Crippen molar-refractivity contribution in [3.05, 3.63) is 35.9 Å². The van der Waals surface area contributed by atoms with Crippen molar-refractivity contribution in [1.29, 1.82) is 0 Å². The Kier molecular flexibility index (Phi) is 10.6. The predicted molar refractivity (Wildman–Crippen MR) is 114 cm³/mol. The van der Waals surface area contributed by atoms with Crippen LogP contribution >= 0.6 is 0 Å². The highest BCUT2D eigenvalue weighted by atomic mass is 16.4. The topological polar surface area (TPSA) is 171 Å². The van der Waals surface area contributed by atoms with Crippen molar-refractivity contribution in [2.24, 2.45) is 11.7 Å². The SMILES string of the molecule is CCC(C)C(N)C(=O)NC(Cc1ccccc1)C(=O)NCC(=O)NC(C(=O)O)C(C)O. The van der Waals surface area contributed by atoms with Gasteiger partial charge in [-0.05, 0) is 18.4 Å². The van der Waals surface area contributed by atoms with Gasteiger partial charge in [0.1, 0.15) is 6.04 Å². The van der Waals surface area contributed by atoms with E-state index in [-0.39, 0.29) is 12.3 Å². The first-order chi connectivity index (χ1) is 14.6. The number of hydrogen-bond acceptors (Lipinski definition) is 6. The van der Waals surface area contributed by atoms with Crippen LogP contribution in [0.3, 0.4) is 0 Å². The Labute approximate surface area is 181 Å². The van der Waals surface area contributed by atoms with Gasteiger partial charge in [0, 0.05) is 6.42 Å². The smallest absolute Gasteiger partial charge is 0.328 e. The van der Waals surface area contributed by atoms with Gasteiger partial charge in [-0.3, -0.25) is 14.4 Å². The van der Waals surface area contributed by atoms with Crippen molar-refractivity contribution in [1.82, 2.24) is 16.0 Å². The molecule has 0 radical (unpaired) electrons. The second kappa shape index (κ2) is 12.7. The lowest BCUT2D eigenvalue weighted by molar-refractivity contribution is -0.144. The van der Waals surface area contributed by atoms with Crippen molar-refractivity contribution in [2.45, 2.75) is 57.8 Å². The standard InChI is InChI=1S/C21H32N4O6/c1-4-12(2)17(22)20(29)24-15(10-14-8-6-5-7-9-14)19(28)23-11-16(27)25-18(13(3)26)21(30)31/h5-9,12-13,15,17-18,26H,4,10-11,22H2,1-3H3,(H,23,28)(H,24,29)(H,25,27)(H,30,31). The summed E-state index contributed by atoms with van der Waals surface area (Å²) in [6, 6.07) is 5.74.